The molecule has 1 heterocycles. The number of hydrogen-bond donors (Lipinski definition) is 0. The summed E-state index contributed by atoms with van der Waals surface area (Å²) in [6.45, 7) is 6.15. The first-order valence-corrected chi connectivity index (χ1v) is 10.7. The molecule has 0 saturated heterocycles. The van der Waals surface area contributed by atoms with Gasteiger partial charge in [-0.2, -0.15) is 0 Å². The van der Waals surface area contributed by atoms with E-state index in [4.69, 9.17) is 4.74 Å². The van der Waals surface area contributed by atoms with Crippen LogP contribution in [0, 0.1) is 0 Å². The minimum absolute atomic E-state index is 0.113. The molecule has 1 unspecified atom stereocenters. The standard InChI is InChI=1S/C24H34N2O2/c1-4-6-7-8-9-11-21-17-25-24(26-18-21)22-14-12-20(13-15-22)16-19(3)28-23(27)10-5-2/h12-15,17-19H,4-11,16H2,1-3H3. The zero-order valence-corrected chi connectivity index (χ0v) is 17.6. The van der Waals surface area contributed by atoms with E-state index in [1.54, 1.807) is 0 Å². The smallest absolute Gasteiger partial charge is 0.306 e. The molecule has 0 aliphatic heterocycles. The van der Waals surface area contributed by atoms with Crippen molar-refractivity contribution in [3.8, 4) is 11.4 Å². The van der Waals surface area contributed by atoms with Gasteiger partial charge in [0.05, 0.1) is 0 Å². The summed E-state index contributed by atoms with van der Waals surface area (Å²) in [5.74, 6) is 0.633. The fourth-order valence-corrected chi connectivity index (χ4v) is 3.22. The van der Waals surface area contributed by atoms with Gasteiger partial charge in [-0.25, -0.2) is 9.97 Å². The molecule has 1 atom stereocenters. The Morgan fingerprint density at radius 1 is 0.929 bits per heavy atom. The van der Waals surface area contributed by atoms with Gasteiger partial charge in [-0.3, -0.25) is 4.79 Å². The van der Waals surface area contributed by atoms with Crippen molar-refractivity contribution in [2.45, 2.75) is 84.7 Å². The summed E-state index contributed by atoms with van der Waals surface area (Å²) in [5.41, 5.74) is 3.36. The monoisotopic (exact) mass is 382 g/mol. The molecule has 1 aromatic heterocycles. The second-order valence-electron chi connectivity index (χ2n) is 7.53. The van der Waals surface area contributed by atoms with E-state index < -0.39 is 0 Å². The Kier molecular flexibility index (Phi) is 9.67. The van der Waals surface area contributed by atoms with Crippen LogP contribution in [0.3, 0.4) is 0 Å². The van der Waals surface area contributed by atoms with Crippen LogP contribution in [0.5, 0.6) is 0 Å². The van der Waals surface area contributed by atoms with Crippen LogP contribution >= 0.6 is 0 Å². The van der Waals surface area contributed by atoms with Gasteiger partial charge in [0.25, 0.3) is 0 Å². The van der Waals surface area contributed by atoms with Gasteiger partial charge in [0.15, 0.2) is 5.82 Å². The van der Waals surface area contributed by atoms with Gasteiger partial charge in [-0.1, -0.05) is 63.8 Å². The van der Waals surface area contributed by atoms with E-state index in [0.29, 0.717) is 12.8 Å². The van der Waals surface area contributed by atoms with Crippen LogP contribution in [0.2, 0.25) is 0 Å². The SMILES string of the molecule is CCCCCCCc1cnc(-c2ccc(CC(C)OC(=O)CCC)cc2)nc1. The number of ether oxygens (including phenoxy) is 1. The fraction of sp³-hybridized carbons (Fsp3) is 0.542. The first-order valence-electron chi connectivity index (χ1n) is 10.7. The van der Waals surface area contributed by atoms with Crippen LogP contribution < -0.4 is 0 Å². The van der Waals surface area contributed by atoms with Gasteiger partial charge in [0, 0.05) is 30.8 Å². The van der Waals surface area contributed by atoms with Gasteiger partial charge >= 0.3 is 5.97 Å². The highest BCUT2D eigenvalue weighted by atomic mass is 16.5. The Hall–Kier alpha value is -2.23. The molecule has 2 rings (SSSR count). The van der Waals surface area contributed by atoms with Crippen molar-refractivity contribution >= 4 is 5.97 Å². The molecule has 0 radical (unpaired) electrons. The van der Waals surface area contributed by atoms with Gasteiger partial charge in [-0.05, 0) is 37.3 Å². The minimum atomic E-state index is -0.120. The summed E-state index contributed by atoms with van der Waals surface area (Å²) in [7, 11) is 0. The molecule has 0 fully saturated rings. The lowest BCUT2D eigenvalue weighted by atomic mass is 10.1. The average Bonchev–Trinajstić information content (AvgIpc) is 2.69. The molecule has 0 aliphatic carbocycles. The van der Waals surface area contributed by atoms with Crippen molar-refractivity contribution in [2.75, 3.05) is 0 Å². The number of benzene rings is 1. The first-order chi connectivity index (χ1) is 13.6. The number of aryl methyl sites for hydroxylation is 1. The lowest BCUT2D eigenvalue weighted by Crippen LogP contribution is -2.16. The Morgan fingerprint density at radius 3 is 2.25 bits per heavy atom. The van der Waals surface area contributed by atoms with Crippen molar-refractivity contribution in [1.82, 2.24) is 9.97 Å². The largest absolute Gasteiger partial charge is 0.462 e. The lowest BCUT2D eigenvalue weighted by Gasteiger charge is -2.13. The van der Waals surface area contributed by atoms with Crippen molar-refractivity contribution in [3.05, 3.63) is 47.8 Å². The summed E-state index contributed by atoms with van der Waals surface area (Å²) in [5, 5.41) is 0. The number of unbranched alkanes of at least 4 members (excludes halogenated alkanes) is 4. The molecule has 2 aromatic rings. The molecule has 0 saturated carbocycles. The molecular weight excluding hydrogens is 348 g/mol. The molecular formula is C24H34N2O2. The third-order valence-corrected chi connectivity index (χ3v) is 4.80. The maximum atomic E-state index is 11.6. The van der Waals surface area contributed by atoms with Crippen molar-refractivity contribution in [3.63, 3.8) is 0 Å². The van der Waals surface area contributed by atoms with Crippen LogP contribution in [0.15, 0.2) is 36.7 Å². The molecule has 4 heteroatoms. The zero-order valence-electron chi connectivity index (χ0n) is 17.6. The van der Waals surface area contributed by atoms with Gasteiger partial charge in [-0.15, -0.1) is 0 Å². The molecule has 0 N–H and O–H groups in total. The molecule has 0 bridgehead atoms. The summed E-state index contributed by atoms with van der Waals surface area (Å²) in [4.78, 5) is 20.7. The highest BCUT2D eigenvalue weighted by Gasteiger charge is 2.10. The van der Waals surface area contributed by atoms with E-state index in [1.165, 1.54) is 37.7 Å². The van der Waals surface area contributed by atoms with Gasteiger partial charge in [0.2, 0.25) is 0 Å². The zero-order chi connectivity index (χ0) is 20.2. The van der Waals surface area contributed by atoms with Gasteiger partial charge < -0.3 is 4.74 Å². The first kappa shape index (κ1) is 22.1. The highest BCUT2D eigenvalue weighted by Crippen LogP contribution is 2.17. The second-order valence-corrected chi connectivity index (χ2v) is 7.53. The van der Waals surface area contributed by atoms with Crippen LogP contribution in [-0.4, -0.2) is 22.0 Å². The third-order valence-electron chi connectivity index (χ3n) is 4.80. The summed E-state index contributed by atoms with van der Waals surface area (Å²) in [6.07, 6.45) is 13.3. The number of hydrogen-bond acceptors (Lipinski definition) is 4. The molecule has 28 heavy (non-hydrogen) atoms. The van der Waals surface area contributed by atoms with Crippen LogP contribution in [-0.2, 0) is 22.4 Å². The van der Waals surface area contributed by atoms with E-state index in [1.807, 2.05) is 38.4 Å². The number of rotatable bonds is 12. The second kappa shape index (κ2) is 12.3. The number of carbonyl (C=O) groups excluding carboxylic acids is 1. The number of nitrogens with zero attached hydrogens (tertiary/aromatic N) is 2. The predicted octanol–water partition coefficient (Wildman–Crippen LogP) is 5.93. The molecule has 0 amide bonds. The highest BCUT2D eigenvalue weighted by molar-refractivity contribution is 5.69. The maximum absolute atomic E-state index is 11.6. The van der Waals surface area contributed by atoms with Crippen molar-refractivity contribution in [1.29, 1.82) is 0 Å². The topological polar surface area (TPSA) is 52.1 Å². The van der Waals surface area contributed by atoms with Crippen LogP contribution in [0.1, 0.15) is 76.8 Å². The number of esters is 1. The van der Waals surface area contributed by atoms with E-state index in [2.05, 4.69) is 29.0 Å². The van der Waals surface area contributed by atoms with E-state index in [0.717, 1.165) is 29.8 Å². The Balaban J connectivity index is 1.84. The summed E-state index contributed by atoms with van der Waals surface area (Å²) < 4.78 is 5.41. The van der Waals surface area contributed by atoms with Crippen molar-refractivity contribution in [2.24, 2.45) is 0 Å². The van der Waals surface area contributed by atoms with Crippen molar-refractivity contribution < 1.29 is 9.53 Å². The molecule has 152 valence electrons. The fourth-order valence-electron chi connectivity index (χ4n) is 3.22. The molecule has 0 spiro atoms. The normalized spacial score (nSPS) is 12.0. The molecule has 0 aliphatic rings. The predicted molar refractivity (Wildman–Crippen MR) is 114 cm³/mol. The third kappa shape index (κ3) is 7.79. The van der Waals surface area contributed by atoms with Gasteiger partial charge in [0.1, 0.15) is 6.10 Å². The van der Waals surface area contributed by atoms with Crippen LogP contribution in [0.4, 0.5) is 0 Å². The van der Waals surface area contributed by atoms with E-state index in [-0.39, 0.29) is 12.1 Å². The van der Waals surface area contributed by atoms with Crippen LogP contribution in [0.25, 0.3) is 11.4 Å². The lowest BCUT2D eigenvalue weighted by molar-refractivity contribution is -0.148. The Morgan fingerprint density at radius 2 is 1.61 bits per heavy atom. The maximum Gasteiger partial charge on any atom is 0.306 e. The summed E-state index contributed by atoms with van der Waals surface area (Å²) in [6, 6.07) is 8.19. The molecule has 4 nitrogen and oxygen atoms in total. The van der Waals surface area contributed by atoms with E-state index in [9.17, 15) is 4.79 Å². The quantitative estimate of drug-likeness (QED) is 0.337. The summed E-state index contributed by atoms with van der Waals surface area (Å²) >= 11 is 0. The minimum Gasteiger partial charge on any atom is -0.462 e. The Labute approximate surface area is 169 Å². The Bertz CT molecular complexity index is 696. The molecule has 1 aromatic carbocycles. The average molecular weight is 383 g/mol. The van der Waals surface area contributed by atoms with E-state index >= 15 is 0 Å². The number of aromatic nitrogens is 2. The number of carbonyl (C=O) groups is 1.